The van der Waals surface area contributed by atoms with Crippen LogP contribution in [0.15, 0.2) is 170 Å². The molecule has 52 heavy (non-hydrogen) atoms. The molecule has 1 unspecified atom stereocenters. The largest absolute Gasteiger partial charge is 0.464 e. The molecular weight excluding hydrogens is 639 g/mol. The summed E-state index contributed by atoms with van der Waals surface area (Å²) in [5.41, 5.74) is 13.6. The van der Waals surface area contributed by atoms with Gasteiger partial charge in [0.2, 0.25) is 0 Å². The number of ether oxygens (including phenoxy) is 1. The summed E-state index contributed by atoms with van der Waals surface area (Å²) in [4.78, 5) is 4.26. The number of pyridine rings is 1. The molecule has 6 heteroatoms. The Kier molecular flexibility index (Phi) is 7.24. The molecule has 7 aromatic rings. The number of benzene rings is 5. The van der Waals surface area contributed by atoms with Crippen molar-refractivity contribution in [2.45, 2.75) is 12.3 Å². The topological polar surface area (TPSA) is 63.1 Å². The first kappa shape index (κ1) is 30.1. The van der Waals surface area contributed by atoms with Crippen molar-refractivity contribution in [3.63, 3.8) is 0 Å². The van der Waals surface area contributed by atoms with Crippen molar-refractivity contribution in [2.75, 3.05) is 11.9 Å². The van der Waals surface area contributed by atoms with E-state index in [0.29, 0.717) is 0 Å². The Labute approximate surface area is 302 Å². The summed E-state index contributed by atoms with van der Waals surface area (Å²) in [5, 5.41) is 12.9. The second kappa shape index (κ2) is 12.5. The summed E-state index contributed by atoms with van der Waals surface area (Å²) in [6, 6.07) is 45.2. The summed E-state index contributed by atoms with van der Waals surface area (Å²) in [7, 11) is 0. The van der Waals surface area contributed by atoms with E-state index in [0.717, 1.165) is 56.9 Å². The lowest BCUT2D eigenvalue weighted by Crippen LogP contribution is -2.21. The maximum absolute atomic E-state index is 6.64. The van der Waals surface area contributed by atoms with Gasteiger partial charge in [-0.2, -0.15) is 0 Å². The molecule has 0 saturated carbocycles. The van der Waals surface area contributed by atoms with E-state index < -0.39 is 0 Å². The first-order valence-corrected chi connectivity index (χ1v) is 17.7. The molecule has 5 heterocycles. The van der Waals surface area contributed by atoms with Crippen molar-refractivity contribution < 1.29 is 4.74 Å². The highest BCUT2D eigenvalue weighted by molar-refractivity contribution is 6.14. The number of aromatic nitrogens is 2. The third-order valence-electron chi connectivity index (χ3n) is 10.2. The minimum atomic E-state index is -0.225. The fourth-order valence-electron chi connectivity index (χ4n) is 7.66. The Balaban J connectivity index is 1.01. The van der Waals surface area contributed by atoms with Crippen molar-refractivity contribution in [1.29, 1.82) is 0 Å². The summed E-state index contributed by atoms with van der Waals surface area (Å²) < 4.78 is 8.98. The van der Waals surface area contributed by atoms with Gasteiger partial charge in [-0.1, -0.05) is 91.0 Å². The molecule has 2 atom stereocenters. The number of anilines is 1. The van der Waals surface area contributed by atoms with Gasteiger partial charge < -0.3 is 25.3 Å². The third kappa shape index (κ3) is 5.24. The van der Waals surface area contributed by atoms with Crippen molar-refractivity contribution in [3.05, 3.63) is 198 Å². The number of hydrogen-bond acceptors (Lipinski definition) is 5. The second-order valence-electron chi connectivity index (χ2n) is 13.3. The lowest BCUT2D eigenvalue weighted by molar-refractivity contribution is 0.263. The van der Waals surface area contributed by atoms with Crippen molar-refractivity contribution in [1.82, 2.24) is 20.2 Å². The Bertz CT molecular complexity index is 2580. The maximum atomic E-state index is 6.64. The molecular formula is C46H35N5O. The van der Waals surface area contributed by atoms with Gasteiger partial charge >= 0.3 is 0 Å². The van der Waals surface area contributed by atoms with E-state index in [9.17, 15) is 0 Å². The van der Waals surface area contributed by atoms with Gasteiger partial charge in [0.15, 0.2) is 12.0 Å². The van der Waals surface area contributed by atoms with Crippen LogP contribution in [0.2, 0.25) is 0 Å². The Hall–Kier alpha value is -6.79. The van der Waals surface area contributed by atoms with Gasteiger partial charge in [0, 0.05) is 46.8 Å². The van der Waals surface area contributed by atoms with Crippen molar-refractivity contribution >= 4 is 44.3 Å². The molecule has 2 aromatic heterocycles. The predicted molar refractivity (Wildman–Crippen MR) is 212 cm³/mol. The number of rotatable bonds is 6. The molecule has 0 saturated heterocycles. The zero-order valence-electron chi connectivity index (χ0n) is 28.3. The van der Waals surface area contributed by atoms with E-state index in [2.05, 4.69) is 159 Å². The van der Waals surface area contributed by atoms with Gasteiger partial charge in [-0.3, -0.25) is 4.98 Å². The molecule has 0 spiro atoms. The van der Waals surface area contributed by atoms with Gasteiger partial charge in [0.25, 0.3) is 0 Å². The standard InChI is InChI=1S/C46H35N5O/c1-2-6-35(7-3-1)46-50-39-18-19-43-44(45(39)52-46)38-8-4-5-9-42(38)51(43)37-16-14-33(15-17-37)40-28-36(29-41(49-40)34-22-26-48-27-23-34)31-12-10-30(11-13-31)32-20-24-47-25-21-32/h1-24,26-29,40,46-47,49-50H,25H2/t40?,46-/m1/s1. The van der Waals surface area contributed by atoms with Crippen LogP contribution in [0.4, 0.5) is 5.69 Å². The first-order chi connectivity index (χ1) is 25.8. The number of para-hydroxylation sites is 1. The van der Waals surface area contributed by atoms with Gasteiger partial charge in [0.05, 0.1) is 28.1 Å². The van der Waals surface area contributed by atoms with E-state index >= 15 is 0 Å². The highest BCUT2D eigenvalue weighted by atomic mass is 16.5. The van der Waals surface area contributed by atoms with E-state index in [1.54, 1.807) is 0 Å². The molecule has 6 nitrogen and oxygen atoms in total. The Morgan fingerprint density at radius 3 is 2.21 bits per heavy atom. The quantitative estimate of drug-likeness (QED) is 0.164. The predicted octanol–water partition coefficient (Wildman–Crippen LogP) is 9.95. The average molecular weight is 674 g/mol. The minimum absolute atomic E-state index is 0.0252. The molecule has 3 N–H and O–H groups in total. The highest BCUT2D eigenvalue weighted by Crippen LogP contribution is 2.47. The zero-order valence-corrected chi connectivity index (χ0v) is 28.3. The van der Waals surface area contributed by atoms with Crippen LogP contribution in [0, 0.1) is 0 Å². The summed E-state index contributed by atoms with van der Waals surface area (Å²) in [5.74, 6) is 0.898. The number of fused-ring (bicyclic) bond motifs is 5. The smallest absolute Gasteiger partial charge is 0.196 e. The van der Waals surface area contributed by atoms with Gasteiger partial charge in [-0.15, -0.1) is 0 Å². The van der Waals surface area contributed by atoms with E-state index in [4.69, 9.17) is 4.74 Å². The van der Waals surface area contributed by atoms with Crippen LogP contribution < -0.4 is 20.7 Å². The maximum Gasteiger partial charge on any atom is 0.196 e. The minimum Gasteiger partial charge on any atom is -0.464 e. The van der Waals surface area contributed by atoms with Crippen LogP contribution in [0.25, 0.3) is 44.3 Å². The summed E-state index contributed by atoms with van der Waals surface area (Å²) in [6.07, 6.45) is 14.4. The highest BCUT2D eigenvalue weighted by Gasteiger charge is 2.28. The van der Waals surface area contributed by atoms with Gasteiger partial charge in [0.1, 0.15) is 0 Å². The number of dihydropyridines is 2. The normalized spacial score (nSPS) is 17.7. The monoisotopic (exact) mass is 673 g/mol. The molecule has 5 aromatic carbocycles. The molecule has 3 aliphatic rings. The van der Waals surface area contributed by atoms with Crippen LogP contribution in [0.3, 0.4) is 0 Å². The van der Waals surface area contributed by atoms with Gasteiger partial charge in [-0.25, -0.2) is 0 Å². The number of nitrogens with zero attached hydrogens (tertiary/aromatic N) is 2. The lowest BCUT2D eigenvalue weighted by Gasteiger charge is -2.26. The van der Waals surface area contributed by atoms with E-state index in [1.165, 1.54) is 33.2 Å². The van der Waals surface area contributed by atoms with Crippen LogP contribution in [-0.2, 0) is 0 Å². The third-order valence-corrected chi connectivity index (χ3v) is 10.2. The fourth-order valence-corrected chi connectivity index (χ4v) is 7.66. The van der Waals surface area contributed by atoms with Crippen LogP contribution >= 0.6 is 0 Å². The molecule has 250 valence electrons. The van der Waals surface area contributed by atoms with Crippen LogP contribution in [0.5, 0.6) is 5.75 Å². The Morgan fingerprint density at radius 2 is 1.42 bits per heavy atom. The SMILES string of the molecule is C1=CC(c2ccc(C3=CC(c4ccc(-n5c6ccccc6c6c7c(ccc65)N[C@@H](c5ccccc5)O7)cc4)NC(c4ccncc4)=C3)cc2)=CCN1. The fraction of sp³-hybridized carbons (Fsp3) is 0.0652. The molecule has 0 fully saturated rings. The first-order valence-electron chi connectivity index (χ1n) is 17.7. The summed E-state index contributed by atoms with van der Waals surface area (Å²) in [6.45, 7) is 0.850. The average Bonchev–Trinajstić information content (AvgIpc) is 3.82. The van der Waals surface area contributed by atoms with Gasteiger partial charge in [-0.05, 0) is 94.7 Å². The number of hydrogen-bond donors (Lipinski definition) is 3. The molecule has 0 aliphatic carbocycles. The van der Waals surface area contributed by atoms with Crippen molar-refractivity contribution in [3.8, 4) is 11.4 Å². The van der Waals surface area contributed by atoms with E-state index in [1.807, 2.05) is 36.8 Å². The molecule has 0 amide bonds. The lowest BCUT2D eigenvalue weighted by atomic mass is 9.92. The molecule has 0 radical (unpaired) electrons. The van der Waals surface area contributed by atoms with Crippen LogP contribution in [0.1, 0.15) is 40.1 Å². The molecule has 10 rings (SSSR count). The number of allylic oxidation sites excluding steroid dienone is 4. The molecule has 0 bridgehead atoms. The van der Waals surface area contributed by atoms with Crippen molar-refractivity contribution in [2.24, 2.45) is 0 Å². The summed E-state index contributed by atoms with van der Waals surface area (Å²) >= 11 is 0. The number of nitrogens with one attached hydrogen (secondary N) is 3. The zero-order chi connectivity index (χ0) is 34.4. The molecule has 3 aliphatic heterocycles. The Morgan fingerprint density at radius 1 is 0.654 bits per heavy atom. The van der Waals surface area contributed by atoms with E-state index in [-0.39, 0.29) is 12.3 Å². The second-order valence-corrected chi connectivity index (χ2v) is 13.3. The van der Waals surface area contributed by atoms with Crippen LogP contribution in [-0.4, -0.2) is 16.1 Å².